The monoisotopic (exact) mass is 520 g/mol. The zero-order valence-electron chi connectivity index (χ0n) is 20.6. The molecule has 4 rings (SSSR count). The lowest BCUT2D eigenvalue weighted by Crippen LogP contribution is -2.27. The van der Waals surface area contributed by atoms with Gasteiger partial charge in [-0.15, -0.1) is 0 Å². The van der Waals surface area contributed by atoms with Gasteiger partial charge in [0.05, 0.1) is 30.7 Å². The van der Waals surface area contributed by atoms with Crippen LogP contribution in [-0.2, 0) is 14.3 Å². The van der Waals surface area contributed by atoms with Gasteiger partial charge in [0.1, 0.15) is 23.0 Å². The first kappa shape index (κ1) is 26.1. The summed E-state index contributed by atoms with van der Waals surface area (Å²) in [7, 11) is 2.99. The molecule has 0 N–H and O–H groups in total. The van der Waals surface area contributed by atoms with Crippen LogP contribution in [0.2, 0.25) is 0 Å². The molecule has 0 radical (unpaired) electrons. The molecule has 1 heterocycles. The zero-order chi connectivity index (χ0) is 27.2. The second-order valence-corrected chi connectivity index (χ2v) is 8.35. The first-order chi connectivity index (χ1) is 18.3. The number of hydrogen-bond donors (Lipinski definition) is 0. The second-order valence-electron chi connectivity index (χ2n) is 8.35. The lowest BCUT2D eigenvalue weighted by Gasteiger charge is -2.20. The number of carbonyl (C=O) groups is 3. The molecule has 0 unspecified atom stereocenters. The van der Waals surface area contributed by atoms with Crippen LogP contribution in [0.5, 0.6) is 23.0 Å². The third kappa shape index (κ3) is 5.89. The van der Waals surface area contributed by atoms with Crippen molar-refractivity contribution in [1.82, 2.24) is 0 Å². The van der Waals surface area contributed by atoms with Gasteiger partial charge in [0.2, 0.25) is 5.91 Å². The summed E-state index contributed by atoms with van der Waals surface area (Å²) in [5.41, 5.74) is 0.737. The maximum atomic E-state index is 12.6. The average Bonchev–Trinajstić information content (AvgIpc) is 3.33. The SMILES string of the molecule is COc1ccc(OC)c(N2C[C@@H](C(=O)OCC(=O)c3ccc(Oc4ccc([N+](=O)[O-])cc4)cc3)CC2=O)c1. The Labute approximate surface area is 217 Å². The van der Waals surface area contributed by atoms with Crippen LogP contribution in [0.3, 0.4) is 0 Å². The van der Waals surface area contributed by atoms with E-state index in [0.29, 0.717) is 34.2 Å². The Bertz CT molecular complexity index is 1350. The van der Waals surface area contributed by atoms with E-state index in [-0.39, 0.29) is 24.6 Å². The zero-order valence-corrected chi connectivity index (χ0v) is 20.6. The predicted octanol–water partition coefficient (Wildman–Crippen LogP) is 4.18. The number of benzene rings is 3. The van der Waals surface area contributed by atoms with E-state index in [1.165, 1.54) is 55.5 Å². The normalized spacial score (nSPS) is 14.6. The third-order valence-electron chi connectivity index (χ3n) is 5.94. The summed E-state index contributed by atoms with van der Waals surface area (Å²) in [6.45, 7) is -0.390. The molecule has 1 saturated heterocycles. The van der Waals surface area contributed by atoms with Gasteiger partial charge in [-0.25, -0.2) is 0 Å². The number of carbonyl (C=O) groups excluding carboxylic acids is 3. The van der Waals surface area contributed by atoms with E-state index in [1.807, 2.05) is 0 Å². The molecule has 3 aromatic rings. The van der Waals surface area contributed by atoms with Crippen LogP contribution in [0.1, 0.15) is 16.8 Å². The standard InChI is InChI=1S/C27H24N2O9/c1-35-22-11-12-25(36-2)23(14-22)28-15-18(13-26(28)31)27(32)37-16-24(30)17-3-7-20(8-4-17)38-21-9-5-19(6-10-21)29(33)34/h3-12,14,18H,13,15-16H2,1-2H3/t18-/m0/s1. The van der Waals surface area contributed by atoms with Gasteiger partial charge in [-0.1, -0.05) is 0 Å². The van der Waals surface area contributed by atoms with Crippen molar-refractivity contribution in [3.8, 4) is 23.0 Å². The number of esters is 1. The third-order valence-corrected chi connectivity index (χ3v) is 5.94. The predicted molar refractivity (Wildman–Crippen MR) is 135 cm³/mol. The molecule has 1 aliphatic rings. The van der Waals surface area contributed by atoms with Crippen LogP contribution in [0.4, 0.5) is 11.4 Å². The van der Waals surface area contributed by atoms with E-state index in [4.69, 9.17) is 18.9 Å². The van der Waals surface area contributed by atoms with Crippen molar-refractivity contribution in [2.75, 3.05) is 32.3 Å². The van der Waals surface area contributed by atoms with Crippen LogP contribution in [0, 0.1) is 16.0 Å². The molecule has 0 saturated carbocycles. The number of anilines is 1. The molecule has 1 fully saturated rings. The number of amides is 1. The number of nitrogens with zero attached hydrogens (tertiary/aromatic N) is 2. The van der Waals surface area contributed by atoms with E-state index in [9.17, 15) is 24.5 Å². The summed E-state index contributed by atoms with van der Waals surface area (Å²) in [6.07, 6.45) is -0.0535. The molecule has 196 valence electrons. The van der Waals surface area contributed by atoms with Gasteiger partial charge in [-0.05, 0) is 48.5 Å². The van der Waals surface area contributed by atoms with Crippen LogP contribution < -0.4 is 19.1 Å². The molecule has 11 nitrogen and oxygen atoms in total. The van der Waals surface area contributed by atoms with Crippen LogP contribution in [-0.4, -0.2) is 50.0 Å². The number of nitro benzene ring substituents is 1. The molecule has 0 spiro atoms. The summed E-state index contributed by atoms with van der Waals surface area (Å²) in [5, 5.41) is 10.8. The molecule has 1 aliphatic heterocycles. The van der Waals surface area contributed by atoms with Crippen molar-refractivity contribution in [3.05, 3.63) is 82.4 Å². The molecule has 1 atom stereocenters. The minimum absolute atomic E-state index is 0.0532. The van der Waals surface area contributed by atoms with E-state index in [1.54, 1.807) is 30.3 Å². The maximum Gasteiger partial charge on any atom is 0.311 e. The number of hydrogen-bond acceptors (Lipinski definition) is 9. The Kier molecular flexibility index (Phi) is 7.86. The molecule has 0 bridgehead atoms. The maximum absolute atomic E-state index is 12.6. The Morgan fingerprint density at radius 2 is 1.58 bits per heavy atom. The van der Waals surface area contributed by atoms with E-state index >= 15 is 0 Å². The summed E-state index contributed by atoms with van der Waals surface area (Å²) >= 11 is 0. The van der Waals surface area contributed by atoms with Crippen molar-refractivity contribution >= 4 is 29.0 Å². The van der Waals surface area contributed by atoms with Gasteiger partial charge in [-0.3, -0.25) is 24.5 Å². The minimum atomic E-state index is -0.733. The van der Waals surface area contributed by atoms with Gasteiger partial charge in [0, 0.05) is 36.7 Å². The number of methoxy groups -OCH3 is 2. The quantitative estimate of drug-likeness (QED) is 0.167. The van der Waals surface area contributed by atoms with Crippen molar-refractivity contribution < 1.29 is 38.3 Å². The van der Waals surface area contributed by atoms with Crippen molar-refractivity contribution in [2.24, 2.45) is 5.92 Å². The van der Waals surface area contributed by atoms with Crippen molar-refractivity contribution in [1.29, 1.82) is 0 Å². The number of ether oxygens (including phenoxy) is 4. The van der Waals surface area contributed by atoms with Crippen LogP contribution in [0.25, 0.3) is 0 Å². The Morgan fingerprint density at radius 1 is 0.947 bits per heavy atom. The molecule has 0 aliphatic carbocycles. The van der Waals surface area contributed by atoms with Gasteiger partial charge < -0.3 is 23.8 Å². The number of nitro groups is 1. The molecule has 1 amide bonds. The Morgan fingerprint density at radius 3 is 2.18 bits per heavy atom. The van der Waals surface area contributed by atoms with Gasteiger partial charge in [0.25, 0.3) is 5.69 Å². The first-order valence-corrected chi connectivity index (χ1v) is 11.5. The highest BCUT2D eigenvalue weighted by Gasteiger charge is 2.37. The number of rotatable bonds is 10. The molecular weight excluding hydrogens is 496 g/mol. The topological polar surface area (TPSA) is 135 Å². The highest BCUT2D eigenvalue weighted by molar-refractivity contribution is 6.02. The number of Topliss-reactive ketones (excluding diaryl/α,β-unsaturated/α-hetero) is 1. The molecule has 0 aromatic heterocycles. The summed E-state index contributed by atoms with van der Waals surface area (Å²) in [4.78, 5) is 49.5. The van der Waals surface area contributed by atoms with Crippen molar-refractivity contribution in [2.45, 2.75) is 6.42 Å². The summed E-state index contributed by atoms with van der Waals surface area (Å²) in [6, 6.07) is 16.8. The van der Waals surface area contributed by atoms with Gasteiger partial charge >= 0.3 is 5.97 Å². The lowest BCUT2D eigenvalue weighted by atomic mass is 10.1. The average molecular weight is 520 g/mol. The smallest absolute Gasteiger partial charge is 0.311 e. The van der Waals surface area contributed by atoms with E-state index in [0.717, 1.165) is 0 Å². The van der Waals surface area contributed by atoms with Gasteiger partial charge in [-0.2, -0.15) is 0 Å². The fourth-order valence-corrected chi connectivity index (χ4v) is 3.92. The number of ketones is 1. The molecule has 38 heavy (non-hydrogen) atoms. The molecule has 11 heteroatoms. The van der Waals surface area contributed by atoms with E-state index in [2.05, 4.69) is 0 Å². The van der Waals surface area contributed by atoms with Crippen molar-refractivity contribution in [3.63, 3.8) is 0 Å². The summed E-state index contributed by atoms with van der Waals surface area (Å²) < 4.78 is 21.4. The van der Waals surface area contributed by atoms with Crippen LogP contribution >= 0.6 is 0 Å². The molecular formula is C27H24N2O9. The first-order valence-electron chi connectivity index (χ1n) is 11.5. The summed E-state index contributed by atoms with van der Waals surface area (Å²) in [5.74, 6) is -0.249. The van der Waals surface area contributed by atoms with Gasteiger partial charge in [0.15, 0.2) is 12.4 Å². The minimum Gasteiger partial charge on any atom is -0.497 e. The highest BCUT2D eigenvalue weighted by atomic mass is 16.6. The lowest BCUT2D eigenvalue weighted by molar-refractivity contribution is -0.384. The van der Waals surface area contributed by atoms with E-state index < -0.39 is 29.2 Å². The van der Waals surface area contributed by atoms with Crippen LogP contribution in [0.15, 0.2) is 66.7 Å². The fraction of sp³-hybridized carbons (Fsp3) is 0.222. The molecule has 3 aromatic carbocycles. The fourth-order valence-electron chi connectivity index (χ4n) is 3.92. The largest absolute Gasteiger partial charge is 0.497 e. The second kappa shape index (κ2) is 11.4. The number of non-ortho nitro benzene ring substituents is 1. The highest BCUT2D eigenvalue weighted by Crippen LogP contribution is 2.36. The Hall–Kier alpha value is -4.93. The Balaban J connectivity index is 1.32.